The van der Waals surface area contributed by atoms with Crippen LogP contribution < -0.4 is 5.32 Å². The highest BCUT2D eigenvalue weighted by Gasteiger charge is 2.31. The molecule has 3 rings (SSSR count). The molecule has 1 aromatic heterocycles. The zero-order valence-electron chi connectivity index (χ0n) is 13.6. The van der Waals surface area contributed by atoms with Crippen molar-refractivity contribution in [1.29, 1.82) is 0 Å². The number of benzene rings is 1. The summed E-state index contributed by atoms with van der Waals surface area (Å²) in [7, 11) is 1.97. The van der Waals surface area contributed by atoms with E-state index in [1.807, 2.05) is 35.6 Å². The van der Waals surface area contributed by atoms with Crippen LogP contribution in [0.4, 0.5) is 5.82 Å². The van der Waals surface area contributed by atoms with E-state index in [1.54, 1.807) is 0 Å². The average molecular weight is 352 g/mol. The van der Waals surface area contributed by atoms with E-state index in [-0.39, 0.29) is 11.9 Å². The molecule has 2 aromatic rings. The maximum atomic E-state index is 9.36. The molecule has 0 radical (unpaired) electrons. The number of nitrogens with one attached hydrogen (secondary N) is 1. The van der Waals surface area contributed by atoms with Crippen molar-refractivity contribution in [2.24, 2.45) is 7.05 Å². The summed E-state index contributed by atoms with van der Waals surface area (Å²) in [5.74, 6) is 1.08. The highest BCUT2D eigenvalue weighted by Crippen LogP contribution is 2.46. The van der Waals surface area contributed by atoms with Crippen LogP contribution in [0.3, 0.4) is 0 Å². The molecule has 0 amide bonds. The first-order valence-corrected chi connectivity index (χ1v) is 9.13. The van der Waals surface area contributed by atoms with Gasteiger partial charge in [-0.1, -0.05) is 17.7 Å². The van der Waals surface area contributed by atoms with Crippen LogP contribution in [-0.4, -0.2) is 33.3 Å². The summed E-state index contributed by atoms with van der Waals surface area (Å²) < 4.78 is 1.92. The van der Waals surface area contributed by atoms with Crippen molar-refractivity contribution < 1.29 is 5.11 Å². The van der Waals surface area contributed by atoms with Crippen LogP contribution in [0.1, 0.15) is 34.1 Å². The number of hydrogen-bond donors (Lipinski definition) is 2. The highest BCUT2D eigenvalue weighted by molar-refractivity contribution is 8.00. The van der Waals surface area contributed by atoms with Crippen molar-refractivity contribution in [1.82, 2.24) is 9.78 Å². The molecule has 6 heteroatoms. The van der Waals surface area contributed by atoms with E-state index in [1.165, 1.54) is 16.7 Å². The Kier molecular flexibility index (Phi) is 4.90. The molecular weight excluding hydrogens is 330 g/mol. The Hall–Kier alpha value is -1.17. The predicted molar refractivity (Wildman–Crippen MR) is 97.5 cm³/mol. The van der Waals surface area contributed by atoms with Crippen molar-refractivity contribution in [3.05, 3.63) is 45.6 Å². The molecule has 0 saturated heterocycles. The zero-order chi connectivity index (χ0) is 16.6. The molecule has 0 saturated carbocycles. The lowest BCUT2D eigenvalue weighted by Gasteiger charge is -2.22. The number of aryl methyl sites for hydroxylation is 3. The molecule has 4 nitrogen and oxygen atoms in total. The van der Waals surface area contributed by atoms with Gasteiger partial charge in [-0.25, -0.2) is 0 Å². The Morgan fingerprint density at radius 2 is 2.22 bits per heavy atom. The number of aliphatic hydroxyl groups is 1. The number of halogens is 1. The van der Waals surface area contributed by atoms with E-state index >= 15 is 0 Å². The molecule has 2 atom stereocenters. The summed E-state index contributed by atoms with van der Waals surface area (Å²) >= 11 is 8.03. The second kappa shape index (κ2) is 6.75. The lowest BCUT2D eigenvalue weighted by Crippen LogP contribution is -2.18. The minimum absolute atomic E-state index is 0.197. The van der Waals surface area contributed by atoms with E-state index < -0.39 is 0 Å². The average Bonchev–Trinajstić information content (AvgIpc) is 2.66. The molecule has 2 heterocycles. The van der Waals surface area contributed by atoms with Gasteiger partial charge >= 0.3 is 0 Å². The molecule has 124 valence electrons. The number of anilines is 1. The predicted octanol–water partition coefficient (Wildman–Crippen LogP) is 3.69. The topological polar surface area (TPSA) is 50.1 Å². The Bertz CT molecular complexity index is 716. The maximum absolute atomic E-state index is 9.36. The van der Waals surface area contributed by atoms with E-state index in [4.69, 9.17) is 11.6 Å². The monoisotopic (exact) mass is 351 g/mol. The molecule has 0 unspecified atom stereocenters. The van der Waals surface area contributed by atoms with Crippen LogP contribution in [0.25, 0.3) is 0 Å². The quantitative estimate of drug-likeness (QED) is 0.885. The molecule has 0 aliphatic carbocycles. The summed E-state index contributed by atoms with van der Waals surface area (Å²) in [5, 5.41) is 18.8. The number of nitrogens with zero attached hydrogens (tertiary/aromatic N) is 2. The summed E-state index contributed by atoms with van der Waals surface area (Å²) in [5.41, 5.74) is 4.74. The number of rotatable bonds is 3. The maximum Gasteiger partial charge on any atom is 0.128 e. The van der Waals surface area contributed by atoms with Crippen LogP contribution in [0.2, 0.25) is 5.02 Å². The number of hydrogen-bond acceptors (Lipinski definition) is 4. The molecule has 2 N–H and O–H groups in total. The lowest BCUT2D eigenvalue weighted by molar-refractivity contribution is 0.288. The minimum Gasteiger partial charge on any atom is -0.396 e. The van der Waals surface area contributed by atoms with Gasteiger partial charge in [0.25, 0.3) is 0 Å². The van der Waals surface area contributed by atoms with Gasteiger partial charge in [0, 0.05) is 36.0 Å². The van der Waals surface area contributed by atoms with Crippen LogP contribution in [0, 0.1) is 13.8 Å². The third-order valence-electron chi connectivity index (χ3n) is 4.32. The Balaban J connectivity index is 2.10. The van der Waals surface area contributed by atoms with Gasteiger partial charge in [-0.05, 0) is 43.5 Å². The second-order valence-electron chi connectivity index (χ2n) is 6.00. The molecular formula is C17H22ClN3OS. The number of aromatic nitrogens is 2. The van der Waals surface area contributed by atoms with E-state index in [0.717, 1.165) is 29.5 Å². The normalized spacial score (nSPS) is 20.7. The van der Waals surface area contributed by atoms with Gasteiger partial charge in [0.15, 0.2) is 0 Å². The van der Waals surface area contributed by atoms with E-state index in [2.05, 4.69) is 30.3 Å². The van der Waals surface area contributed by atoms with Gasteiger partial charge in [-0.3, -0.25) is 4.68 Å². The summed E-state index contributed by atoms with van der Waals surface area (Å²) in [6, 6.07) is 6.09. The largest absolute Gasteiger partial charge is 0.396 e. The van der Waals surface area contributed by atoms with Gasteiger partial charge in [-0.15, -0.1) is 11.8 Å². The number of fused-ring (bicyclic) bond motifs is 1. The molecule has 0 bridgehead atoms. The number of aliphatic hydroxyl groups excluding tert-OH is 1. The highest BCUT2D eigenvalue weighted by atomic mass is 35.5. The van der Waals surface area contributed by atoms with Gasteiger partial charge in [0.2, 0.25) is 0 Å². The van der Waals surface area contributed by atoms with Crippen molar-refractivity contribution in [3.63, 3.8) is 0 Å². The fourth-order valence-corrected chi connectivity index (χ4v) is 5.06. The Morgan fingerprint density at radius 1 is 1.43 bits per heavy atom. The summed E-state index contributed by atoms with van der Waals surface area (Å²) in [6.45, 7) is 5.21. The third-order valence-corrected chi connectivity index (χ3v) is 6.11. The lowest BCUT2D eigenvalue weighted by atomic mass is 10.00. The molecule has 1 aromatic carbocycles. The molecule has 23 heavy (non-hydrogen) atoms. The van der Waals surface area contributed by atoms with Crippen LogP contribution in [-0.2, 0) is 7.05 Å². The molecule has 0 spiro atoms. The smallest absolute Gasteiger partial charge is 0.128 e. The zero-order valence-corrected chi connectivity index (χ0v) is 15.2. The SMILES string of the molecule is Cc1cc(Cl)ccc1[C@@H]1S[C@H](CCO)CNc2c1c(C)nn2C. The summed E-state index contributed by atoms with van der Waals surface area (Å²) in [6.07, 6.45) is 0.779. The molecule has 1 aliphatic heterocycles. The molecule has 0 fully saturated rings. The van der Waals surface area contributed by atoms with E-state index in [0.29, 0.717) is 5.25 Å². The number of thioether (sulfide) groups is 1. The van der Waals surface area contributed by atoms with Crippen LogP contribution in [0.5, 0.6) is 0 Å². The fraction of sp³-hybridized carbons (Fsp3) is 0.471. The van der Waals surface area contributed by atoms with Crippen LogP contribution >= 0.6 is 23.4 Å². The van der Waals surface area contributed by atoms with Crippen molar-refractivity contribution in [3.8, 4) is 0 Å². The first kappa shape index (κ1) is 16.7. The Labute approximate surface area is 146 Å². The van der Waals surface area contributed by atoms with Gasteiger partial charge < -0.3 is 10.4 Å². The van der Waals surface area contributed by atoms with Gasteiger partial charge in [0.1, 0.15) is 5.82 Å². The molecule has 1 aliphatic rings. The van der Waals surface area contributed by atoms with Crippen LogP contribution in [0.15, 0.2) is 18.2 Å². The first-order valence-electron chi connectivity index (χ1n) is 7.81. The van der Waals surface area contributed by atoms with E-state index in [9.17, 15) is 5.11 Å². The van der Waals surface area contributed by atoms with Crippen molar-refractivity contribution in [2.45, 2.75) is 30.8 Å². The third kappa shape index (κ3) is 3.23. The summed E-state index contributed by atoms with van der Waals surface area (Å²) in [4.78, 5) is 0. The second-order valence-corrected chi connectivity index (χ2v) is 7.85. The standard InChI is InChI=1S/C17H22ClN3OS/c1-10-8-12(18)4-5-14(10)16-15-11(2)20-21(3)17(15)19-9-13(23-16)6-7-22/h4-5,8,13,16,19,22H,6-7,9H2,1-3H3/t13-,16+/m1/s1. The van der Waals surface area contributed by atoms with Crippen molar-refractivity contribution >= 4 is 29.2 Å². The minimum atomic E-state index is 0.197. The first-order chi connectivity index (χ1) is 11.0. The Morgan fingerprint density at radius 3 is 2.91 bits per heavy atom. The fourth-order valence-electron chi connectivity index (χ4n) is 3.19. The van der Waals surface area contributed by atoms with Gasteiger partial charge in [0.05, 0.1) is 10.9 Å². The van der Waals surface area contributed by atoms with Crippen molar-refractivity contribution in [2.75, 3.05) is 18.5 Å². The van der Waals surface area contributed by atoms with Gasteiger partial charge in [-0.2, -0.15) is 5.10 Å².